The van der Waals surface area contributed by atoms with E-state index in [1.54, 1.807) is 0 Å². The summed E-state index contributed by atoms with van der Waals surface area (Å²) in [5.41, 5.74) is 0. The molecule has 0 heterocycles. The Bertz CT molecular complexity index is 305. The Morgan fingerprint density at radius 1 is 0.367 bits per heavy atom. The highest BCUT2D eigenvalue weighted by molar-refractivity contribution is 4.80. The molecule has 4 unspecified atom stereocenters. The first-order valence-electron chi connectivity index (χ1n) is 13.3. The van der Waals surface area contributed by atoms with E-state index in [-0.39, 0.29) is 0 Å². The van der Waals surface area contributed by atoms with Crippen molar-refractivity contribution in [2.45, 2.75) is 167 Å². The molecule has 0 fully saturated rings. The maximum Gasteiger partial charge on any atom is 0.108 e. The number of unbranched alkanes of at least 4 members (excludes halogenated alkanes) is 16. The van der Waals surface area contributed by atoms with E-state index in [0.717, 1.165) is 25.7 Å². The third-order valence-corrected chi connectivity index (χ3v) is 6.35. The fourth-order valence-electron chi connectivity index (χ4n) is 4.13. The van der Waals surface area contributed by atoms with Crippen molar-refractivity contribution >= 4 is 0 Å². The van der Waals surface area contributed by atoms with Gasteiger partial charge in [0.05, 0.1) is 12.2 Å². The van der Waals surface area contributed by atoms with E-state index in [1.165, 1.54) is 89.9 Å². The van der Waals surface area contributed by atoms with Crippen LogP contribution in [-0.2, 0) is 0 Å². The van der Waals surface area contributed by atoms with Gasteiger partial charge in [0.25, 0.3) is 0 Å². The predicted molar refractivity (Wildman–Crippen MR) is 128 cm³/mol. The van der Waals surface area contributed by atoms with E-state index in [2.05, 4.69) is 13.8 Å². The van der Waals surface area contributed by atoms with Crippen LogP contribution in [0.1, 0.15) is 142 Å². The maximum absolute atomic E-state index is 10.2. The van der Waals surface area contributed by atoms with Gasteiger partial charge in [-0.15, -0.1) is 0 Å². The largest absolute Gasteiger partial charge is 0.390 e. The van der Waals surface area contributed by atoms with E-state index in [9.17, 15) is 20.4 Å². The molecule has 0 radical (unpaired) electrons. The van der Waals surface area contributed by atoms with E-state index in [4.69, 9.17) is 0 Å². The van der Waals surface area contributed by atoms with Gasteiger partial charge < -0.3 is 20.4 Å². The molecule has 4 atom stereocenters. The van der Waals surface area contributed by atoms with Crippen LogP contribution in [0, 0.1) is 0 Å². The topological polar surface area (TPSA) is 80.9 Å². The normalized spacial score (nSPS) is 15.8. The Morgan fingerprint density at radius 3 is 0.867 bits per heavy atom. The number of rotatable bonds is 23. The monoisotopic (exact) mass is 430 g/mol. The van der Waals surface area contributed by atoms with Crippen molar-refractivity contribution in [2.75, 3.05) is 0 Å². The zero-order chi connectivity index (χ0) is 22.5. The molecule has 4 heteroatoms. The Hall–Kier alpha value is -0.160. The van der Waals surface area contributed by atoms with Gasteiger partial charge in [0, 0.05) is 0 Å². The summed E-state index contributed by atoms with van der Waals surface area (Å²) in [4.78, 5) is 0. The van der Waals surface area contributed by atoms with Crippen molar-refractivity contribution < 1.29 is 20.4 Å². The second-order valence-corrected chi connectivity index (χ2v) is 9.35. The van der Waals surface area contributed by atoms with Gasteiger partial charge in [0.15, 0.2) is 0 Å². The minimum absolute atomic E-state index is 0.485. The van der Waals surface area contributed by atoms with Gasteiger partial charge in [-0.25, -0.2) is 0 Å². The Kier molecular flexibility index (Phi) is 21.9. The van der Waals surface area contributed by atoms with Crippen molar-refractivity contribution in [1.29, 1.82) is 0 Å². The van der Waals surface area contributed by atoms with Crippen molar-refractivity contribution in [3.63, 3.8) is 0 Å². The molecular formula is C26H54O4. The van der Waals surface area contributed by atoms with Crippen LogP contribution in [0.2, 0.25) is 0 Å². The summed E-state index contributed by atoms with van der Waals surface area (Å²) in [5, 5.41) is 40.6. The third kappa shape index (κ3) is 17.5. The summed E-state index contributed by atoms with van der Waals surface area (Å²) in [6, 6.07) is 0. The number of aliphatic hydroxyl groups excluding tert-OH is 4. The van der Waals surface area contributed by atoms with Gasteiger partial charge in [-0.2, -0.15) is 0 Å². The molecule has 0 bridgehead atoms. The molecule has 30 heavy (non-hydrogen) atoms. The second kappa shape index (κ2) is 22.0. The molecule has 0 aromatic heterocycles. The van der Waals surface area contributed by atoms with Crippen LogP contribution in [-0.4, -0.2) is 44.8 Å². The zero-order valence-corrected chi connectivity index (χ0v) is 20.2. The van der Waals surface area contributed by atoms with Gasteiger partial charge in [0.1, 0.15) is 12.2 Å². The Labute approximate surface area is 187 Å². The molecule has 0 aliphatic carbocycles. The average molecular weight is 431 g/mol. The highest BCUT2D eigenvalue weighted by Crippen LogP contribution is 2.17. The van der Waals surface area contributed by atoms with Crippen LogP contribution in [0.3, 0.4) is 0 Å². The lowest BCUT2D eigenvalue weighted by Crippen LogP contribution is -2.44. The fourth-order valence-corrected chi connectivity index (χ4v) is 4.13. The predicted octanol–water partition coefficient (Wildman–Crippen LogP) is 6.27. The molecule has 4 nitrogen and oxygen atoms in total. The second-order valence-electron chi connectivity index (χ2n) is 9.35. The summed E-state index contributed by atoms with van der Waals surface area (Å²) in [6.07, 6.45) is 18.3. The van der Waals surface area contributed by atoms with Crippen molar-refractivity contribution in [1.82, 2.24) is 0 Å². The summed E-state index contributed by atoms with van der Waals surface area (Å²) >= 11 is 0. The van der Waals surface area contributed by atoms with Crippen LogP contribution >= 0.6 is 0 Å². The third-order valence-electron chi connectivity index (χ3n) is 6.35. The van der Waals surface area contributed by atoms with Gasteiger partial charge >= 0.3 is 0 Å². The lowest BCUT2D eigenvalue weighted by Gasteiger charge is -2.26. The molecule has 0 spiro atoms. The molecule has 4 N–H and O–H groups in total. The fraction of sp³-hybridized carbons (Fsp3) is 1.00. The molecule has 0 aromatic carbocycles. The van der Waals surface area contributed by atoms with Crippen LogP contribution in [0.25, 0.3) is 0 Å². The average Bonchev–Trinajstić information content (AvgIpc) is 2.75. The first kappa shape index (κ1) is 29.8. The van der Waals surface area contributed by atoms with Crippen LogP contribution < -0.4 is 0 Å². The standard InChI is InChI=1S/C26H54O4/c1-3-5-7-9-11-13-15-17-19-21-23(27)25(29)26(30)24(28)22-20-18-16-14-12-10-8-6-4-2/h23-30H,3-22H2,1-2H3. The molecule has 0 amide bonds. The highest BCUT2D eigenvalue weighted by atomic mass is 16.4. The molecule has 0 aliphatic heterocycles. The quantitative estimate of drug-likeness (QED) is 0.144. The van der Waals surface area contributed by atoms with E-state index < -0.39 is 24.4 Å². The summed E-state index contributed by atoms with van der Waals surface area (Å²) < 4.78 is 0. The SMILES string of the molecule is CCCCCCCCCCCC(O)C(O)C(O)C(O)CCCCCCCCCCC. The number of hydrogen-bond donors (Lipinski definition) is 4. The van der Waals surface area contributed by atoms with Crippen LogP contribution in [0.15, 0.2) is 0 Å². The smallest absolute Gasteiger partial charge is 0.108 e. The minimum Gasteiger partial charge on any atom is -0.390 e. The lowest BCUT2D eigenvalue weighted by molar-refractivity contribution is -0.108. The summed E-state index contributed by atoms with van der Waals surface area (Å²) in [5.74, 6) is 0. The van der Waals surface area contributed by atoms with Gasteiger partial charge in [0.2, 0.25) is 0 Å². The first-order valence-corrected chi connectivity index (χ1v) is 13.3. The molecule has 0 aliphatic rings. The minimum atomic E-state index is -1.26. The van der Waals surface area contributed by atoms with Crippen molar-refractivity contribution in [3.05, 3.63) is 0 Å². The van der Waals surface area contributed by atoms with E-state index in [0.29, 0.717) is 12.8 Å². The number of hydrogen-bond acceptors (Lipinski definition) is 4. The molecule has 0 saturated heterocycles. The number of aliphatic hydroxyl groups is 4. The molecule has 182 valence electrons. The van der Waals surface area contributed by atoms with Crippen molar-refractivity contribution in [2.24, 2.45) is 0 Å². The molecule has 0 rings (SSSR count). The van der Waals surface area contributed by atoms with Crippen LogP contribution in [0.4, 0.5) is 0 Å². The van der Waals surface area contributed by atoms with Crippen molar-refractivity contribution in [3.8, 4) is 0 Å². The highest BCUT2D eigenvalue weighted by Gasteiger charge is 2.29. The van der Waals surface area contributed by atoms with Gasteiger partial charge in [-0.1, -0.05) is 129 Å². The summed E-state index contributed by atoms with van der Waals surface area (Å²) in [6.45, 7) is 4.46. The molecule has 0 saturated carbocycles. The van der Waals surface area contributed by atoms with Gasteiger partial charge in [-0.05, 0) is 12.8 Å². The van der Waals surface area contributed by atoms with Gasteiger partial charge in [-0.3, -0.25) is 0 Å². The Morgan fingerprint density at radius 2 is 0.600 bits per heavy atom. The molecule has 0 aromatic rings. The summed E-state index contributed by atoms with van der Waals surface area (Å²) in [7, 11) is 0. The van der Waals surface area contributed by atoms with E-state index >= 15 is 0 Å². The zero-order valence-electron chi connectivity index (χ0n) is 20.2. The molecular weight excluding hydrogens is 376 g/mol. The first-order chi connectivity index (χ1) is 14.5. The lowest BCUT2D eigenvalue weighted by atomic mass is 9.95. The van der Waals surface area contributed by atoms with Crippen LogP contribution in [0.5, 0.6) is 0 Å². The maximum atomic E-state index is 10.2. The Balaban J connectivity index is 3.67. The van der Waals surface area contributed by atoms with E-state index in [1.807, 2.05) is 0 Å².